The molecule has 1 aliphatic rings. The van der Waals surface area contributed by atoms with Crippen LogP contribution < -0.4 is 4.72 Å². The molecular formula is C12H15FN2O5S. The van der Waals surface area contributed by atoms with Gasteiger partial charge in [0.25, 0.3) is 0 Å². The molecule has 2 rings (SSSR count). The Labute approximate surface area is 121 Å². The summed E-state index contributed by atoms with van der Waals surface area (Å²) in [5.74, 6) is -1.03. The van der Waals surface area contributed by atoms with E-state index in [0.717, 1.165) is 12.1 Å². The third-order valence-electron chi connectivity index (χ3n) is 3.47. The Morgan fingerprint density at radius 3 is 2.57 bits per heavy atom. The summed E-state index contributed by atoms with van der Waals surface area (Å²) in [5.41, 5.74) is -0.938. The van der Waals surface area contributed by atoms with Gasteiger partial charge in [-0.1, -0.05) is 0 Å². The van der Waals surface area contributed by atoms with Crippen molar-refractivity contribution >= 4 is 15.7 Å². The average Bonchev–Trinajstić information content (AvgIpc) is 2.35. The topological polar surface area (TPSA) is 98.5 Å². The Kier molecular flexibility index (Phi) is 4.26. The van der Waals surface area contributed by atoms with Gasteiger partial charge in [0.15, 0.2) is 0 Å². The Morgan fingerprint density at radius 1 is 1.43 bits per heavy atom. The number of methoxy groups -OCH3 is 1. The van der Waals surface area contributed by atoms with Crippen molar-refractivity contribution in [3.05, 3.63) is 33.6 Å². The molecule has 0 aromatic heterocycles. The van der Waals surface area contributed by atoms with Crippen molar-refractivity contribution in [2.75, 3.05) is 7.11 Å². The van der Waals surface area contributed by atoms with Gasteiger partial charge in [0.2, 0.25) is 15.8 Å². The molecule has 7 nitrogen and oxygen atoms in total. The van der Waals surface area contributed by atoms with Gasteiger partial charge in [0.1, 0.15) is 0 Å². The van der Waals surface area contributed by atoms with Crippen LogP contribution in [0.5, 0.6) is 0 Å². The zero-order valence-electron chi connectivity index (χ0n) is 11.5. The number of aryl methyl sites for hydroxylation is 1. The molecule has 0 saturated heterocycles. The number of halogens is 1. The van der Waals surface area contributed by atoms with Crippen molar-refractivity contribution in [3.8, 4) is 0 Å². The number of sulfonamides is 1. The van der Waals surface area contributed by atoms with Gasteiger partial charge in [-0.05, 0) is 31.4 Å². The van der Waals surface area contributed by atoms with Crippen molar-refractivity contribution < 1.29 is 22.5 Å². The van der Waals surface area contributed by atoms with Gasteiger partial charge in [0, 0.05) is 19.2 Å². The van der Waals surface area contributed by atoms with Crippen molar-refractivity contribution in [3.63, 3.8) is 0 Å². The normalized spacial score (nSPS) is 21.9. The molecule has 1 aromatic rings. The number of ether oxygens (including phenoxy) is 1. The molecule has 0 amide bonds. The third kappa shape index (κ3) is 3.20. The van der Waals surface area contributed by atoms with E-state index in [1.165, 1.54) is 6.92 Å². The Morgan fingerprint density at radius 2 is 2.05 bits per heavy atom. The Bertz CT molecular complexity index is 670. The molecule has 116 valence electrons. The lowest BCUT2D eigenvalue weighted by atomic mass is 9.90. The summed E-state index contributed by atoms with van der Waals surface area (Å²) >= 11 is 0. The number of hydrogen-bond acceptors (Lipinski definition) is 5. The van der Waals surface area contributed by atoms with Gasteiger partial charge in [-0.15, -0.1) is 0 Å². The van der Waals surface area contributed by atoms with E-state index < -0.39 is 26.5 Å². The van der Waals surface area contributed by atoms with E-state index in [0.29, 0.717) is 12.8 Å². The van der Waals surface area contributed by atoms with E-state index in [9.17, 15) is 22.9 Å². The zero-order valence-corrected chi connectivity index (χ0v) is 12.3. The number of nitro groups is 1. The van der Waals surface area contributed by atoms with E-state index in [-0.39, 0.29) is 22.6 Å². The number of nitro benzene ring substituents is 1. The highest BCUT2D eigenvalue weighted by atomic mass is 32.2. The van der Waals surface area contributed by atoms with Crippen LogP contribution in [0.15, 0.2) is 17.0 Å². The summed E-state index contributed by atoms with van der Waals surface area (Å²) in [7, 11) is -2.38. The fourth-order valence-electron chi connectivity index (χ4n) is 2.15. The maximum Gasteiger partial charge on any atom is 0.306 e. The number of benzene rings is 1. The van der Waals surface area contributed by atoms with E-state index in [4.69, 9.17) is 4.74 Å². The molecule has 1 fully saturated rings. The van der Waals surface area contributed by atoms with Crippen LogP contribution in [0.4, 0.5) is 10.1 Å². The standard InChI is InChI=1S/C12H15FN2O5S/c1-7-3-10(6-11(12(7)13)15(16)17)21(18,19)14-8-4-9(5-8)20-2/h3,6,8-9,14H,4-5H2,1-2H3. The number of nitrogens with one attached hydrogen (secondary N) is 1. The molecule has 0 atom stereocenters. The molecule has 0 aliphatic heterocycles. The fourth-order valence-corrected chi connectivity index (χ4v) is 3.51. The van der Waals surface area contributed by atoms with Gasteiger partial charge in [-0.3, -0.25) is 10.1 Å². The molecule has 0 unspecified atom stereocenters. The van der Waals surface area contributed by atoms with Gasteiger partial charge in [-0.25, -0.2) is 13.1 Å². The maximum atomic E-state index is 13.6. The van der Waals surface area contributed by atoms with Crippen LogP contribution >= 0.6 is 0 Å². The van der Waals surface area contributed by atoms with E-state index >= 15 is 0 Å². The molecule has 0 spiro atoms. The Balaban J connectivity index is 2.26. The minimum Gasteiger partial charge on any atom is -0.381 e. The maximum absolute atomic E-state index is 13.6. The van der Waals surface area contributed by atoms with Crippen molar-refractivity contribution in [1.29, 1.82) is 0 Å². The summed E-state index contributed by atoms with van der Waals surface area (Å²) in [4.78, 5) is 9.51. The van der Waals surface area contributed by atoms with Gasteiger partial charge >= 0.3 is 5.69 Å². The SMILES string of the molecule is COC1CC(NS(=O)(=O)c2cc(C)c(F)c([N+](=O)[O-])c2)C1. The summed E-state index contributed by atoms with van der Waals surface area (Å²) < 4.78 is 45.4. The lowest BCUT2D eigenvalue weighted by Gasteiger charge is -2.34. The van der Waals surface area contributed by atoms with Crippen LogP contribution in [0.2, 0.25) is 0 Å². The fraction of sp³-hybridized carbons (Fsp3) is 0.500. The number of nitrogens with zero attached hydrogens (tertiary/aromatic N) is 1. The number of hydrogen-bond donors (Lipinski definition) is 1. The van der Waals surface area contributed by atoms with Gasteiger partial charge < -0.3 is 4.74 Å². The highest BCUT2D eigenvalue weighted by Gasteiger charge is 2.33. The molecule has 21 heavy (non-hydrogen) atoms. The molecule has 0 heterocycles. The molecule has 0 radical (unpaired) electrons. The minimum atomic E-state index is -3.92. The van der Waals surface area contributed by atoms with E-state index in [1.807, 2.05) is 0 Å². The molecule has 1 saturated carbocycles. The molecule has 1 N–H and O–H groups in total. The van der Waals surface area contributed by atoms with Crippen LogP contribution in [0, 0.1) is 22.9 Å². The zero-order chi connectivity index (χ0) is 15.8. The lowest BCUT2D eigenvalue weighted by molar-refractivity contribution is -0.387. The predicted molar refractivity (Wildman–Crippen MR) is 71.9 cm³/mol. The molecule has 0 bridgehead atoms. The second-order valence-electron chi connectivity index (χ2n) is 4.98. The van der Waals surface area contributed by atoms with Crippen LogP contribution in [0.1, 0.15) is 18.4 Å². The van der Waals surface area contributed by atoms with E-state index in [1.54, 1.807) is 7.11 Å². The summed E-state index contributed by atoms with van der Waals surface area (Å²) in [6.07, 6.45) is 1.10. The molecule has 1 aromatic carbocycles. The average molecular weight is 318 g/mol. The smallest absolute Gasteiger partial charge is 0.306 e. The number of rotatable bonds is 5. The molecular weight excluding hydrogens is 303 g/mol. The summed E-state index contributed by atoms with van der Waals surface area (Å²) in [5, 5.41) is 10.8. The monoisotopic (exact) mass is 318 g/mol. The second kappa shape index (κ2) is 5.66. The highest BCUT2D eigenvalue weighted by molar-refractivity contribution is 7.89. The first-order chi connectivity index (χ1) is 9.74. The first kappa shape index (κ1) is 15.8. The van der Waals surface area contributed by atoms with Crippen LogP contribution in [-0.4, -0.2) is 32.6 Å². The summed E-state index contributed by atoms with van der Waals surface area (Å²) in [6.45, 7) is 1.28. The lowest BCUT2D eigenvalue weighted by Crippen LogP contribution is -2.47. The van der Waals surface area contributed by atoms with Gasteiger partial charge in [-0.2, -0.15) is 4.39 Å². The molecule has 9 heteroatoms. The largest absolute Gasteiger partial charge is 0.381 e. The van der Waals surface area contributed by atoms with E-state index in [2.05, 4.69) is 4.72 Å². The Hall–Kier alpha value is -1.58. The van der Waals surface area contributed by atoms with Crippen molar-refractivity contribution in [2.45, 2.75) is 36.8 Å². The van der Waals surface area contributed by atoms with Crippen molar-refractivity contribution in [1.82, 2.24) is 4.72 Å². The predicted octanol–water partition coefficient (Wildman–Crippen LogP) is 1.50. The first-order valence-corrected chi connectivity index (χ1v) is 7.72. The van der Waals surface area contributed by atoms with Crippen LogP contribution in [0.3, 0.4) is 0 Å². The molecule has 1 aliphatic carbocycles. The van der Waals surface area contributed by atoms with Crippen molar-refractivity contribution in [2.24, 2.45) is 0 Å². The quantitative estimate of drug-likeness (QED) is 0.655. The van der Waals surface area contributed by atoms with Crippen LogP contribution in [-0.2, 0) is 14.8 Å². The summed E-state index contributed by atoms with van der Waals surface area (Å²) in [6, 6.07) is 1.54. The second-order valence-corrected chi connectivity index (χ2v) is 6.69. The highest BCUT2D eigenvalue weighted by Crippen LogP contribution is 2.28. The third-order valence-corrected chi connectivity index (χ3v) is 4.97. The minimum absolute atomic E-state index is 0.0157. The van der Waals surface area contributed by atoms with Gasteiger partial charge in [0.05, 0.1) is 15.9 Å². The van der Waals surface area contributed by atoms with Crippen LogP contribution in [0.25, 0.3) is 0 Å². The first-order valence-electron chi connectivity index (χ1n) is 6.24.